The smallest absolute Gasteiger partial charge is 0.326 e. The van der Waals surface area contributed by atoms with Gasteiger partial charge in [0.25, 0.3) is 0 Å². The number of carboxylic acids is 1. The van der Waals surface area contributed by atoms with Crippen molar-refractivity contribution in [2.45, 2.75) is 37.8 Å². The maximum Gasteiger partial charge on any atom is 0.326 e. The van der Waals surface area contributed by atoms with Crippen LogP contribution in [0.2, 0.25) is 0 Å². The Labute approximate surface area is 106 Å². The van der Waals surface area contributed by atoms with Gasteiger partial charge in [-0.1, -0.05) is 6.08 Å². The molecule has 6 nitrogen and oxygen atoms in total. The highest BCUT2D eigenvalue weighted by Crippen LogP contribution is 2.20. The summed E-state index contributed by atoms with van der Waals surface area (Å²) < 4.78 is 0. The van der Waals surface area contributed by atoms with Gasteiger partial charge in [0.15, 0.2) is 0 Å². The molecule has 2 unspecified atom stereocenters. The third-order valence-electron chi connectivity index (χ3n) is 2.96. The van der Waals surface area contributed by atoms with Crippen LogP contribution in [0.5, 0.6) is 0 Å². The third kappa shape index (κ3) is 4.03. The number of piperidine rings is 1. The van der Waals surface area contributed by atoms with Crippen LogP contribution in [0.25, 0.3) is 0 Å². The van der Waals surface area contributed by atoms with Crippen LogP contribution in [0.4, 0.5) is 4.79 Å². The molecule has 0 aliphatic carbocycles. The van der Waals surface area contributed by atoms with Crippen molar-refractivity contribution in [3.05, 3.63) is 12.7 Å². The fourth-order valence-electron chi connectivity index (χ4n) is 2.02. The molecule has 0 bridgehead atoms. The molecular weight excluding hydrogens is 236 g/mol. The summed E-state index contributed by atoms with van der Waals surface area (Å²) in [5.74, 6) is -1.09. The number of nitrogens with one attached hydrogen (secondary N) is 1. The molecule has 2 amide bonds. The second-order valence-electron chi connectivity index (χ2n) is 4.89. The van der Waals surface area contributed by atoms with Gasteiger partial charge in [-0.05, 0) is 26.2 Å². The molecule has 3 N–H and O–H groups in total. The minimum Gasteiger partial charge on any atom is -0.480 e. The number of likely N-dealkylation sites (tertiary alicyclic amines) is 1. The van der Waals surface area contributed by atoms with E-state index in [1.807, 2.05) is 0 Å². The van der Waals surface area contributed by atoms with E-state index in [1.54, 1.807) is 6.92 Å². The zero-order valence-corrected chi connectivity index (χ0v) is 10.6. The van der Waals surface area contributed by atoms with Crippen LogP contribution in [-0.2, 0) is 4.79 Å². The van der Waals surface area contributed by atoms with Gasteiger partial charge < -0.3 is 20.4 Å². The Bertz CT molecular complexity index is 341. The number of aliphatic hydroxyl groups is 1. The lowest BCUT2D eigenvalue weighted by molar-refractivity contribution is -0.139. The van der Waals surface area contributed by atoms with Crippen LogP contribution in [0.1, 0.15) is 26.2 Å². The number of hydrogen-bond donors (Lipinski definition) is 3. The van der Waals surface area contributed by atoms with Crippen LogP contribution in [0.3, 0.4) is 0 Å². The van der Waals surface area contributed by atoms with Gasteiger partial charge in [0.05, 0.1) is 12.1 Å². The van der Waals surface area contributed by atoms with Crippen molar-refractivity contribution >= 4 is 12.0 Å². The summed E-state index contributed by atoms with van der Waals surface area (Å²) in [5, 5.41) is 21.2. The number of amides is 2. The normalized spacial score (nSPS) is 25.3. The largest absolute Gasteiger partial charge is 0.480 e. The molecule has 102 valence electrons. The molecule has 0 spiro atoms. The number of hydrogen-bond acceptors (Lipinski definition) is 3. The van der Waals surface area contributed by atoms with Crippen molar-refractivity contribution in [1.82, 2.24) is 10.2 Å². The topological polar surface area (TPSA) is 89.9 Å². The van der Waals surface area contributed by atoms with E-state index in [0.29, 0.717) is 19.4 Å². The lowest BCUT2D eigenvalue weighted by Crippen LogP contribution is -2.54. The summed E-state index contributed by atoms with van der Waals surface area (Å²) in [6.07, 6.45) is 2.97. The zero-order chi connectivity index (χ0) is 13.8. The molecule has 6 heteroatoms. The lowest BCUT2D eigenvalue weighted by Gasteiger charge is -2.37. The Kier molecular flexibility index (Phi) is 4.72. The number of carboxylic acid groups (broad SMARTS) is 1. The number of rotatable bonds is 4. The Morgan fingerprint density at radius 3 is 2.78 bits per heavy atom. The Morgan fingerprint density at radius 1 is 1.61 bits per heavy atom. The van der Waals surface area contributed by atoms with Crippen molar-refractivity contribution < 1.29 is 19.8 Å². The summed E-state index contributed by atoms with van der Waals surface area (Å²) >= 11 is 0. The molecule has 1 rings (SSSR count). The fourth-order valence-corrected chi connectivity index (χ4v) is 2.02. The molecule has 0 radical (unpaired) electrons. The quantitative estimate of drug-likeness (QED) is 0.641. The van der Waals surface area contributed by atoms with Crippen molar-refractivity contribution in [2.24, 2.45) is 0 Å². The van der Waals surface area contributed by atoms with E-state index < -0.39 is 23.6 Å². The molecule has 18 heavy (non-hydrogen) atoms. The van der Waals surface area contributed by atoms with E-state index in [4.69, 9.17) is 5.11 Å². The van der Waals surface area contributed by atoms with E-state index in [-0.39, 0.29) is 13.0 Å². The average Bonchev–Trinajstić information content (AvgIpc) is 2.26. The molecule has 2 atom stereocenters. The summed E-state index contributed by atoms with van der Waals surface area (Å²) in [7, 11) is 0. The van der Waals surface area contributed by atoms with E-state index in [0.717, 1.165) is 0 Å². The first-order valence-electron chi connectivity index (χ1n) is 5.97. The van der Waals surface area contributed by atoms with Crippen LogP contribution < -0.4 is 5.32 Å². The molecule has 0 aromatic rings. The molecule has 0 saturated carbocycles. The minimum atomic E-state index is -1.09. The number of urea groups is 1. The predicted octanol–water partition coefficient (Wildman–Crippen LogP) is 0.572. The van der Waals surface area contributed by atoms with Gasteiger partial charge in [0.1, 0.15) is 6.04 Å². The number of β-amino-alcohol motifs (C(OH)–C–C–N with tert-alkyl or cyclic N) is 1. The molecule has 0 aromatic heterocycles. The van der Waals surface area contributed by atoms with Crippen LogP contribution >= 0.6 is 0 Å². The van der Waals surface area contributed by atoms with Gasteiger partial charge in [0, 0.05) is 6.54 Å². The minimum absolute atomic E-state index is 0.172. The van der Waals surface area contributed by atoms with Gasteiger partial charge in [-0.25, -0.2) is 9.59 Å². The highest BCUT2D eigenvalue weighted by molar-refractivity contribution is 5.82. The van der Waals surface area contributed by atoms with Crippen LogP contribution in [0.15, 0.2) is 12.7 Å². The maximum atomic E-state index is 11.9. The molecule has 1 fully saturated rings. The Balaban J connectivity index is 2.58. The fraction of sp³-hybridized carbons (Fsp3) is 0.667. The van der Waals surface area contributed by atoms with Gasteiger partial charge >= 0.3 is 12.0 Å². The second-order valence-corrected chi connectivity index (χ2v) is 4.89. The van der Waals surface area contributed by atoms with Crippen molar-refractivity contribution in [3.8, 4) is 0 Å². The third-order valence-corrected chi connectivity index (χ3v) is 2.96. The Morgan fingerprint density at radius 2 is 2.28 bits per heavy atom. The van der Waals surface area contributed by atoms with E-state index >= 15 is 0 Å². The molecule has 1 heterocycles. The summed E-state index contributed by atoms with van der Waals surface area (Å²) in [5.41, 5.74) is -0.896. The predicted molar refractivity (Wildman–Crippen MR) is 66.2 cm³/mol. The van der Waals surface area contributed by atoms with Crippen LogP contribution in [-0.4, -0.2) is 51.8 Å². The summed E-state index contributed by atoms with van der Waals surface area (Å²) in [4.78, 5) is 24.2. The van der Waals surface area contributed by atoms with E-state index in [2.05, 4.69) is 11.9 Å². The van der Waals surface area contributed by atoms with Gasteiger partial charge in [-0.3, -0.25) is 0 Å². The number of nitrogens with zero attached hydrogens (tertiary/aromatic N) is 1. The highest BCUT2D eigenvalue weighted by Gasteiger charge is 2.32. The lowest BCUT2D eigenvalue weighted by atomic mass is 9.95. The first-order chi connectivity index (χ1) is 8.35. The zero-order valence-electron chi connectivity index (χ0n) is 10.6. The SMILES string of the molecule is C=CCC(NC(=O)N1CCCC(C)(O)C1)C(=O)O. The molecule has 1 aliphatic rings. The molecule has 0 aromatic carbocycles. The van der Waals surface area contributed by atoms with Gasteiger partial charge in [-0.15, -0.1) is 6.58 Å². The van der Waals surface area contributed by atoms with E-state index in [9.17, 15) is 14.7 Å². The van der Waals surface area contributed by atoms with Gasteiger partial charge in [-0.2, -0.15) is 0 Å². The number of carbonyl (C=O) groups is 2. The molecule has 1 saturated heterocycles. The van der Waals surface area contributed by atoms with Crippen molar-refractivity contribution in [3.63, 3.8) is 0 Å². The second kappa shape index (κ2) is 5.86. The average molecular weight is 256 g/mol. The number of aliphatic carboxylic acids is 1. The first-order valence-corrected chi connectivity index (χ1v) is 5.97. The highest BCUT2D eigenvalue weighted by atomic mass is 16.4. The standard InChI is InChI=1S/C12H20N2O4/c1-3-5-9(10(15)16)13-11(17)14-7-4-6-12(2,18)8-14/h3,9,18H,1,4-8H2,2H3,(H,13,17)(H,15,16). The number of carbonyl (C=O) groups excluding carboxylic acids is 1. The van der Waals surface area contributed by atoms with Crippen molar-refractivity contribution in [2.75, 3.05) is 13.1 Å². The Hall–Kier alpha value is -1.56. The van der Waals surface area contributed by atoms with Crippen LogP contribution in [0, 0.1) is 0 Å². The maximum absolute atomic E-state index is 11.9. The monoisotopic (exact) mass is 256 g/mol. The van der Waals surface area contributed by atoms with E-state index in [1.165, 1.54) is 11.0 Å². The van der Waals surface area contributed by atoms with Gasteiger partial charge in [0.2, 0.25) is 0 Å². The summed E-state index contributed by atoms with van der Waals surface area (Å²) in [6.45, 7) is 5.88. The molecular formula is C12H20N2O4. The van der Waals surface area contributed by atoms with Crippen molar-refractivity contribution in [1.29, 1.82) is 0 Å². The first kappa shape index (κ1) is 14.5. The molecule has 1 aliphatic heterocycles. The summed E-state index contributed by atoms with van der Waals surface area (Å²) in [6, 6.07) is -1.42.